The monoisotopic (exact) mass is 257 g/mol. The Kier molecular flexibility index (Phi) is 1.94. The van der Waals surface area contributed by atoms with Gasteiger partial charge in [-0.15, -0.1) is 23.2 Å². The molecule has 0 saturated heterocycles. The number of pyridine rings is 1. The average molecular weight is 258 g/mol. The third-order valence-corrected chi connectivity index (χ3v) is 4.48. The minimum Gasteiger partial charge on any atom is -0.397 e. The second-order valence-corrected chi connectivity index (χ2v) is 6.24. The van der Waals surface area contributed by atoms with Gasteiger partial charge in [-0.3, -0.25) is 4.98 Å². The predicted molar refractivity (Wildman–Crippen MR) is 66.6 cm³/mol. The molecule has 16 heavy (non-hydrogen) atoms. The van der Waals surface area contributed by atoms with Crippen LogP contribution in [0.1, 0.15) is 37.1 Å². The summed E-state index contributed by atoms with van der Waals surface area (Å²) < 4.78 is 0. The number of aromatic nitrogens is 1. The van der Waals surface area contributed by atoms with Gasteiger partial charge < -0.3 is 11.5 Å². The van der Waals surface area contributed by atoms with Crippen LogP contribution in [0, 0.1) is 0 Å². The van der Waals surface area contributed by atoms with E-state index >= 15 is 0 Å². The third-order valence-electron chi connectivity index (χ3n) is 3.35. The summed E-state index contributed by atoms with van der Waals surface area (Å²) >= 11 is 12.7. The van der Waals surface area contributed by atoms with Gasteiger partial charge in [0.15, 0.2) is 0 Å². The Morgan fingerprint density at radius 3 is 2.12 bits per heavy atom. The van der Waals surface area contributed by atoms with E-state index in [2.05, 4.69) is 4.98 Å². The van der Waals surface area contributed by atoms with E-state index in [0.29, 0.717) is 11.4 Å². The summed E-state index contributed by atoms with van der Waals surface area (Å²) in [5, 5.41) is 0. The average Bonchev–Trinajstić information content (AvgIpc) is 3.12. The number of halogens is 2. The molecule has 0 unspecified atom stereocenters. The molecule has 0 aliphatic heterocycles. The van der Waals surface area contributed by atoms with Crippen molar-refractivity contribution in [2.45, 2.75) is 35.4 Å². The van der Waals surface area contributed by atoms with E-state index in [1.807, 2.05) is 0 Å². The van der Waals surface area contributed by atoms with Crippen molar-refractivity contribution in [3.63, 3.8) is 0 Å². The van der Waals surface area contributed by atoms with E-state index in [1.54, 1.807) is 6.07 Å². The number of nitrogens with two attached hydrogens (primary N) is 2. The highest BCUT2D eigenvalue weighted by atomic mass is 35.5. The zero-order valence-corrected chi connectivity index (χ0v) is 10.3. The molecule has 5 heteroatoms. The fraction of sp³-hybridized carbons (Fsp3) is 0.545. The number of nitrogen functional groups attached to an aromatic ring is 2. The van der Waals surface area contributed by atoms with Gasteiger partial charge in [0.25, 0.3) is 0 Å². The summed E-state index contributed by atoms with van der Waals surface area (Å²) in [4.78, 5) is 3.82. The Labute approximate surface area is 104 Å². The normalized spacial score (nSPS) is 24.1. The van der Waals surface area contributed by atoms with Gasteiger partial charge in [0.2, 0.25) is 0 Å². The van der Waals surface area contributed by atoms with Crippen molar-refractivity contribution in [3.8, 4) is 0 Å². The summed E-state index contributed by atoms with van der Waals surface area (Å²) in [5.74, 6) is 0. The second-order valence-electron chi connectivity index (χ2n) is 4.79. The smallest absolute Gasteiger partial charge is 0.0889 e. The predicted octanol–water partition coefficient (Wildman–Crippen LogP) is 2.70. The summed E-state index contributed by atoms with van der Waals surface area (Å²) in [5.41, 5.74) is 14.4. The lowest BCUT2D eigenvalue weighted by molar-refractivity contribution is 0.866. The van der Waals surface area contributed by atoms with Crippen LogP contribution in [0.3, 0.4) is 0 Å². The number of anilines is 2. The molecule has 0 aromatic carbocycles. The van der Waals surface area contributed by atoms with Crippen LogP contribution in [0.5, 0.6) is 0 Å². The van der Waals surface area contributed by atoms with E-state index in [1.165, 1.54) is 0 Å². The first-order chi connectivity index (χ1) is 7.45. The summed E-state index contributed by atoms with van der Waals surface area (Å²) in [7, 11) is 0. The zero-order valence-electron chi connectivity index (χ0n) is 8.76. The van der Waals surface area contributed by atoms with Crippen molar-refractivity contribution in [2.24, 2.45) is 0 Å². The van der Waals surface area contributed by atoms with Gasteiger partial charge in [-0.25, -0.2) is 0 Å². The van der Waals surface area contributed by atoms with Gasteiger partial charge >= 0.3 is 0 Å². The molecule has 2 saturated carbocycles. The van der Waals surface area contributed by atoms with Gasteiger partial charge in [0.05, 0.1) is 32.5 Å². The topological polar surface area (TPSA) is 64.9 Å². The van der Waals surface area contributed by atoms with E-state index < -0.39 is 4.87 Å². The maximum Gasteiger partial charge on any atom is 0.0889 e. The highest BCUT2D eigenvalue weighted by Gasteiger charge is 2.49. The fourth-order valence-corrected chi connectivity index (χ4v) is 2.29. The van der Waals surface area contributed by atoms with Crippen molar-refractivity contribution >= 4 is 34.6 Å². The lowest BCUT2D eigenvalue weighted by Crippen LogP contribution is -2.13. The van der Waals surface area contributed by atoms with Gasteiger partial charge in [-0.2, -0.15) is 0 Å². The van der Waals surface area contributed by atoms with Crippen LogP contribution in [-0.4, -0.2) is 4.98 Å². The molecule has 0 amide bonds. The molecule has 0 atom stereocenters. The lowest BCUT2D eigenvalue weighted by atomic mass is 10.1. The van der Waals surface area contributed by atoms with E-state index in [0.717, 1.165) is 37.1 Å². The second kappa shape index (κ2) is 2.96. The van der Waals surface area contributed by atoms with Crippen LogP contribution in [0.4, 0.5) is 11.4 Å². The molecule has 1 aromatic rings. The van der Waals surface area contributed by atoms with Crippen LogP contribution in [0.25, 0.3) is 0 Å². The first kappa shape index (κ1) is 10.5. The molecule has 3 rings (SSSR count). The fourth-order valence-electron chi connectivity index (χ4n) is 1.86. The molecule has 3 nitrogen and oxygen atoms in total. The molecule has 0 radical (unpaired) electrons. The minimum absolute atomic E-state index is 0.321. The molecule has 1 heterocycles. The van der Waals surface area contributed by atoms with Crippen molar-refractivity contribution in [1.82, 2.24) is 4.98 Å². The summed E-state index contributed by atoms with van der Waals surface area (Å²) in [6.45, 7) is 0. The highest BCUT2D eigenvalue weighted by molar-refractivity contribution is 6.27. The van der Waals surface area contributed by atoms with E-state index in [-0.39, 0.29) is 4.87 Å². The Bertz CT molecular complexity index is 465. The molecular formula is C11H13Cl2N3. The molecule has 2 aliphatic carbocycles. The zero-order chi connectivity index (χ0) is 11.6. The number of nitrogens with zero attached hydrogens (tertiary/aromatic N) is 1. The van der Waals surface area contributed by atoms with Crippen molar-refractivity contribution in [1.29, 1.82) is 0 Å². The van der Waals surface area contributed by atoms with Gasteiger partial charge in [0, 0.05) is 0 Å². The Morgan fingerprint density at radius 1 is 1.06 bits per heavy atom. The standard InChI is InChI=1S/C11H13Cl2N3/c12-10(1-2-10)7-5-6(14)8(15)9(16-7)11(13)3-4-11/h5H,1-4,15H2,(H2,14,16). The van der Waals surface area contributed by atoms with Crippen LogP contribution in [0.15, 0.2) is 6.07 Å². The van der Waals surface area contributed by atoms with Crippen molar-refractivity contribution in [3.05, 3.63) is 17.5 Å². The summed E-state index contributed by atoms with van der Waals surface area (Å²) in [6, 6.07) is 1.78. The quantitative estimate of drug-likeness (QED) is 0.801. The Morgan fingerprint density at radius 2 is 1.62 bits per heavy atom. The maximum absolute atomic E-state index is 6.35. The van der Waals surface area contributed by atoms with Crippen molar-refractivity contribution < 1.29 is 0 Å². The molecule has 2 fully saturated rings. The van der Waals surface area contributed by atoms with Gasteiger partial charge in [-0.05, 0) is 31.7 Å². The third kappa shape index (κ3) is 1.45. The van der Waals surface area contributed by atoms with Crippen LogP contribution >= 0.6 is 23.2 Å². The highest BCUT2D eigenvalue weighted by Crippen LogP contribution is 2.56. The number of hydrogen-bond acceptors (Lipinski definition) is 3. The molecule has 0 bridgehead atoms. The van der Waals surface area contributed by atoms with E-state index in [9.17, 15) is 0 Å². The van der Waals surface area contributed by atoms with Gasteiger partial charge in [-0.1, -0.05) is 0 Å². The Hall–Kier alpha value is -0.670. The van der Waals surface area contributed by atoms with Gasteiger partial charge in [0.1, 0.15) is 0 Å². The molecule has 86 valence electrons. The Balaban J connectivity index is 2.13. The number of hydrogen-bond donors (Lipinski definition) is 2. The van der Waals surface area contributed by atoms with Crippen molar-refractivity contribution in [2.75, 3.05) is 11.5 Å². The number of alkyl halides is 2. The largest absolute Gasteiger partial charge is 0.397 e. The first-order valence-corrected chi connectivity index (χ1v) is 6.15. The van der Waals surface area contributed by atoms with E-state index in [4.69, 9.17) is 34.7 Å². The SMILES string of the molecule is Nc1cc(C2(Cl)CC2)nc(C2(Cl)CC2)c1N. The van der Waals surface area contributed by atoms with Crippen LogP contribution < -0.4 is 11.5 Å². The molecular weight excluding hydrogens is 245 g/mol. The molecule has 2 aliphatic rings. The number of rotatable bonds is 2. The lowest BCUT2D eigenvalue weighted by Gasteiger charge is -2.15. The minimum atomic E-state index is -0.393. The molecule has 0 spiro atoms. The maximum atomic E-state index is 6.35. The first-order valence-electron chi connectivity index (χ1n) is 5.39. The molecule has 1 aromatic heterocycles. The van der Waals surface area contributed by atoms with Crippen LogP contribution in [-0.2, 0) is 9.75 Å². The summed E-state index contributed by atoms with van der Waals surface area (Å²) in [6.07, 6.45) is 3.70. The van der Waals surface area contributed by atoms with Crippen LogP contribution in [0.2, 0.25) is 0 Å². The molecule has 4 N–H and O–H groups in total.